The molecule has 1 aliphatic carbocycles. The first-order chi connectivity index (χ1) is 12.7. The summed E-state index contributed by atoms with van der Waals surface area (Å²) >= 11 is 0. The van der Waals surface area contributed by atoms with Crippen LogP contribution < -0.4 is 4.90 Å². The van der Waals surface area contributed by atoms with Crippen LogP contribution in [0.5, 0.6) is 0 Å². The van der Waals surface area contributed by atoms with Crippen LogP contribution in [0.25, 0.3) is 0 Å². The van der Waals surface area contributed by atoms with Crippen LogP contribution >= 0.6 is 0 Å². The van der Waals surface area contributed by atoms with Gasteiger partial charge in [0.05, 0.1) is 12.9 Å². The number of imidazole rings is 1. The van der Waals surface area contributed by atoms with Gasteiger partial charge in [-0.05, 0) is 24.5 Å². The molecule has 142 valence electrons. The van der Waals surface area contributed by atoms with Gasteiger partial charge in [0.2, 0.25) is 0 Å². The van der Waals surface area contributed by atoms with Crippen molar-refractivity contribution in [1.82, 2.24) is 14.5 Å². The maximum absolute atomic E-state index is 12.1. The summed E-state index contributed by atoms with van der Waals surface area (Å²) in [5, 5.41) is 0. The molecule has 7 nitrogen and oxygen atoms in total. The van der Waals surface area contributed by atoms with Crippen molar-refractivity contribution < 1.29 is 27.5 Å². The van der Waals surface area contributed by atoms with Crippen molar-refractivity contribution in [3.05, 3.63) is 42.1 Å². The van der Waals surface area contributed by atoms with Gasteiger partial charge in [0, 0.05) is 30.9 Å². The third-order valence-electron chi connectivity index (χ3n) is 4.77. The van der Waals surface area contributed by atoms with Gasteiger partial charge in [-0.3, -0.25) is 0 Å². The zero-order valence-corrected chi connectivity index (χ0v) is 14.1. The van der Waals surface area contributed by atoms with Crippen LogP contribution in [0.1, 0.15) is 28.9 Å². The van der Waals surface area contributed by atoms with Crippen LogP contribution in [-0.2, 0) is 16.1 Å². The Bertz CT molecular complexity index is 880. The van der Waals surface area contributed by atoms with E-state index in [0.717, 1.165) is 24.5 Å². The molecule has 0 aromatic carbocycles. The number of aromatic nitrogens is 3. The quantitative estimate of drug-likeness (QED) is 0.598. The number of hydrogen-bond donors (Lipinski definition) is 0. The summed E-state index contributed by atoms with van der Waals surface area (Å²) in [7, 11) is 0. The summed E-state index contributed by atoms with van der Waals surface area (Å²) in [6.07, 6.45) is 1.55. The normalized spacial score (nSPS) is 17.5. The molecule has 1 aliphatic heterocycles. The zero-order valence-electron chi connectivity index (χ0n) is 14.1. The molecule has 1 spiro atoms. The van der Waals surface area contributed by atoms with Gasteiger partial charge in [-0.2, -0.15) is 13.2 Å². The van der Waals surface area contributed by atoms with Gasteiger partial charge >= 0.3 is 18.1 Å². The Labute approximate surface area is 151 Å². The highest BCUT2D eigenvalue weighted by Gasteiger charge is 2.52. The highest BCUT2D eigenvalue weighted by molar-refractivity contribution is 5.96. The number of carbonyl (C=O) groups excluding carboxylic acids is 2. The standard InChI is InChI=1S/C17H15F3N4O3/c18-17(19,20)15(26)27-14(25)12-7-23(10-22-12)6-11-1-2-13(21-5-11)24-8-16(9-24)3-4-16/h1-2,5,7,10H,3-4,6,8-9H2. The number of ether oxygens (including phenoxy) is 1. The maximum atomic E-state index is 12.1. The molecule has 2 aromatic heterocycles. The number of halogens is 3. The second-order valence-electron chi connectivity index (χ2n) is 6.99. The molecule has 0 N–H and O–H groups in total. The molecular weight excluding hydrogens is 365 g/mol. The molecule has 0 unspecified atom stereocenters. The Balaban J connectivity index is 1.35. The van der Waals surface area contributed by atoms with Crippen LogP contribution in [0.2, 0.25) is 0 Å². The van der Waals surface area contributed by atoms with Crippen LogP contribution in [0.4, 0.5) is 19.0 Å². The van der Waals surface area contributed by atoms with Crippen molar-refractivity contribution in [3.8, 4) is 0 Å². The average Bonchev–Trinajstić information content (AvgIpc) is 3.25. The van der Waals surface area contributed by atoms with Gasteiger partial charge < -0.3 is 14.2 Å². The Kier molecular flexibility index (Phi) is 3.93. The number of carbonyl (C=O) groups is 2. The van der Waals surface area contributed by atoms with Gasteiger partial charge in [0.1, 0.15) is 5.82 Å². The van der Waals surface area contributed by atoms with Crippen LogP contribution in [0.3, 0.4) is 0 Å². The lowest BCUT2D eigenvalue weighted by molar-refractivity contribution is -0.193. The third-order valence-corrected chi connectivity index (χ3v) is 4.77. The number of nitrogens with zero attached hydrogens (tertiary/aromatic N) is 4. The van der Waals surface area contributed by atoms with E-state index >= 15 is 0 Å². The predicted molar refractivity (Wildman–Crippen MR) is 85.9 cm³/mol. The fourth-order valence-corrected chi connectivity index (χ4v) is 3.07. The summed E-state index contributed by atoms with van der Waals surface area (Å²) in [6, 6.07) is 3.81. The lowest BCUT2D eigenvalue weighted by atomic mass is 9.97. The molecule has 27 heavy (non-hydrogen) atoms. The van der Waals surface area contributed by atoms with E-state index in [0.29, 0.717) is 12.0 Å². The summed E-state index contributed by atoms with van der Waals surface area (Å²) in [6.45, 7) is 2.41. The summed E-state index contributed by atoms with van der Waals surface area (Å²) < 4.78 is 41.6. The van der Waals surface area contributed by atoms with Crippen LogP contribution in [-0.4, -0.2) is 45.7 Å². The first-order valence-electron chi connectivity index (χ1n) is 8.29. The minimum Gasteiger partial charge on any atom is -0.381 e. The van der Waals surface area contributed by atoms with E-state index in [4.69, 9.17) is 0 Å². The van der Waals surface area contributed by atoms with E-state index in [2.05, 4.69) is 19.6 Å². The smallest absolute Gasteiger partial charge is 0.381 e. The lowest BCUT2D eigenvalue weighted by Gasteiger charge is -2.40. The molecule has 1 saturated heterocycles. The van der Waals surface area contributed by atoms with Crippen LogP contribution in [0, 0.1) is 5.41 Å². The SMILES string of the molecule is O=C(OC(=O)C(F)(F)F)c1cn(Cc2ccc(N3CC4(CC4)C3)nc2)cn1. The molecular formula is C17H15F3N4O3. The van der Waals surface area contributed by atoms with E-state index in [1.807, 2.05) is 12.1 Å². The summed E-state index contributed by atoms with van der Waals surface area (Å²) in [5.74, 6) is -3.10. The Morgan fingerprint density at radius 3 is 2.52 bits per heavy atom. The van der Waals surface area contributed by atoms with E-state index in [-0.39, 0.29) is 5.69 Å². The molecule has 0 bridgehead atoms. The lowest BCUT2D eigenvalue weighted by Crippen LogP contribution is -2.48. The van der Waals surface area contributed by atoms with E-state index in [1.165, 1.54) is 29.9 Å². The molecule has 2 aliphatic rings. The molecule has 3 heterocycles. The number of anilines is 1. The van der Waals surface area contributed by atoms with E-state index in [1.54, 1.807) is 6.20 Å². The van der Waals surface area contributed by atoms with E-state index < -0.39 is 18.1 Å². The molecule has 1 saturated carbocycles. The summed E-state index contributed by atoms with van der Waals surface area (Å²) in [5.41, 5.74) is 0.993. The van der Waals surface area contributed by atoms with Gasteiger partial charge in [-0.25, -0.2) is 19.6 Å². The van der Waals surface area contributed by atoms with Crippen molar-refractivity contribution in [2.45, 2.75) is 25.6 Å². The van der Waals surface area contributed by atoms with Crippen molar-refractivity contribution in [2.75, 3.05) is 18.0 Å². The molecule has 0 radical (unpaired) electrons. The van der Waals surface area contributed by atoms with Crippen LogP contribution in [0.15, 0.2) is 30.9 Å². The van der Waals surface area contributed by atoms with Gasteiger partial charge in [-0.15, -0.1) is 0 Å². The second-order valence-corrected chi connectivity index (χ2v) is 6.99. The number of hydrogen-bond acceptors (Lipinski definition) is 6. The third kappa shape index (κ3) is 3.64. The Hall–Kier alpha value is -2.91. The van der Waals surface area contributed by atoms with Crippen molar-refractivity contribution >= 4 is 17.8 Å². The second kappa shape index (κ2) is 6.07. The molecule has 0 atom stereocenters. The number of rotatable bonds is 4. The molecule has 2 aromatic rings. The largest absolute Gasteiger partial charge is 0.491 e. The Morgan fingerprint density at radius 2 is 1.93 bits per heavy atom. The van der Waals surface area contributed by atoms with Gasteiger partial charge in [-0.1, -0.05) is 6.07 Å². The monoisotopic (exact) mass is 380 g/mol. The van der Waals surface area contributed by atoms with Gasteiger partial charge in [0.25, 0.3) is 0 Å². The topological polar surface area (TPSA) is 77.3 Å². The molecule has 2 fully saturated rings. The first-order valence-corrected chi connectivity index (χ1v) is 8.29. The summed E-state index contributed by atoms with van der Waals surface area (Å²) in [4.78, 5) is 32.6. The van der Waals surface area contributed by atoms with Gasteiger partial charge in [0.15, 0.2) is 5.69 Å². The number of alkyl halides is 3. The fraction of sp³-hybridized carbons (Fsp3) is 0.412. The molecule has 4 rings (SSSR count). The van der Waals surface area contributed by atoms with Crippen molar-refractivity contribution in [2.24, 2.45) is 5.41 Å². The molecule has 10 heteroatoms. The zero-order chi connectivity index (χ0) is 19.2. The highest BCUT2D eigenvalue weighted by atomic mass is 19.4. The van der Waals surface area contributed by atoms with Crippen molar-refractivity contribution in [3.63, 3.8) is 0 Å². The first kappa shape index (κ1) is 17.5. The minimum atomic E-state index is -5.23. The highest BCUT2D eigenvalue weighted by Crippen LogP contribution is 2.53. The maximum Gasteiger partial charge on any atom is 0.491 e. The predicted octanol–water partition coefficient (Wildman–Crippen LogP) is 2.17. The van der Waals surface area contributed by atoms with Crippen molar-refractivity contribution in [1.29, 1.82) is 0 Å². The average molecular weight is 380 g/mol. The Morgan fingerprint density at radius 1 is 1.19 bits per heavy atom. The molecule has 0 amide bonds. The minimum absolute atomic E-state index is 0.324. The van der Waals surface area contributed by atoms with E-state index in [9.17, 15) is 22.8 Å². The fourth-order valence-electron chi connectivity index (χ4n) is 3.07. The number of esters is 2. The number of pyridine rings is 1.